The average molecular weight is 570 g/mol. The van der Waals surface area contributed by atoms with Crippen LogP contribution < -0.4 is 5.32 Å². The number of aromatic amines is 1. The number of hydrogen-bond acceptors (Lipinski definition) is 3. The lowest BCUT2D eigenvalue weighted by Gasteiger charge is -2.18. The van der Waals surface area contributed by atoms with Gasteiger partial charge in [-0.3, -0.25) is 9.59 Å². The van der Waals surface area contributed by atoms with Crippen molar-refractivity contribution in [2.45, 2.75) is 32.7 Å². The molecule has 0 fully saturated rings. The summed E-state index contributed by atoms with van der Waals surface area (Å²) in [5.41, 5.74) is 2.10. The maximum atomic E-state index is 14.4. The van der Waals surface area contributed by atoms with Crippen molar-refractivity contribution in [1.29, 1.82) is 0 Å². The van der Waals surface area contributed by atoms with Crippen LogP contribution in [0.3, 0.4) is 0 Å². The lowest BCUT2D eigenvalue weighted by atomic mass is 9.97. The zero-order valence-corrected chi connectivity index (χ0v) is 23.3. The molecule has 214 valence electrons. The molecule has 42 heavy (non-hydrogen) atoms. The molecule has 3 aromatic carbocycles. The Balaban J connectivity index is 1.63. The molecular weight excluding hydrogens is 539 g/mol. The first kappa shape index (κ1) is 30.0. The summed E-state index contributed by atoms with van der Waals surface area (Å²) >= 11 is 0. The summed E-state index contributed by atoms with van der Waals surface area (Å²) in [7, 11) is 0. The van der Waals surface area contributed by atoms with Crippen molar-refractivity contribution in [3.8, 4) is 22.6 Å². The fraction of sp³-hybridized carbons (Fsp3) is 0.147. The number of aromatic nitrogens is 2. The number of imidazole rings is 1. The number of halogens is 3. The minimum atomic E-state index is -1.33. The summed E-state index contributed by atoms with van der Waals surface area (Å²) in [6.45, 7) is 7.35. The van der Waals surface area contributed by atoms with Crippen molar-refractivity contribution >= 4 is 17.3 Å². The first-order chi connectivity index (χ1) is 20.2. The smallest absolute Gasteiger partial charge is 0.251 e. The van der Waals surface area contributed by atoms with Crippen LogP contribution in [0.25, 0.3) is 28.2 Å². The van der Waals surface area contributed by atoms with Crippen molar-refractivity contribution < 1.29 is 22.8 Å². The quantitative estimate of drug-likeness (QED) is 0.110. The third-order valence-electron chi connectivity index (χ3n) is 6.58. The zero-order valence-electron chi connectivity index (χ0n) is 23.3. The summed E-state index contributed by atoms with van der Waals surface area (Å²) in [6, 6.07) is 18.0. The van der Waals surface area contributed by atoms with Gasteiger partial charge in [-0.1, -0.05) is 80.6 Å². The summed E-state index contributed by atoms with van der Waals surface area (Å²) in [6.07, 6.45) is 7.37. The second-order valence-corrected chi connectivity index (χ2v) is 9.70. The van der Waals surface area contributed by atoms with Crippen molar-refractivity contribution in [3.05, 3.63) is 132 Å². The van der Waals surface area contributed by atoms with Gasteiger partial charge in [0.1, 0.15) is 11.6 Å². The fourth-order valence-corrected chi connectivity index (χ4v) is 4.55. The van der Waals surface area contributed by atoms with Gasteiger partial charge < -0.3 is 10.3 Å². The molecule has 1 aromatic heterocycles. The highest BCUT2D eigenvalue weighted by Gasteiger charge is 2.20. The highest BCUT2D eigenvalue weighted by Crippen LogP contribution is 2.32. The van der Waals surface area contributed by atoms with Crippen LogP contribution in [-0.4, -0.2) is 21.7 Å². The standard InChI is InChI=1S/C34H30F3N3O2/c1-4-10-29(23-11-6-5-7-12-23)40-34(42)21(2)15-16-24(19-22(3)41)25-13-8-9-14-26(25)33-38-20-30(39-33)31-27(35)17-18-28(36)32(31)37/h5-9,11-20,29H,2,4,10H2,1,3H3,(H,38,39)(H,40,42)/b16-15-,24-19-/t29-/m1/s1. The van der Waals surface area contributed by atoms with Crippen LogP contribution in [0.2, 0.25) is 0 Å². The Morgan fingerprint density at radius 3 is 2.38 bits per heavy atom. The Kier molecular flexibility index (Phi) is 9.70. The largest absolute Gasteiger partial charge is 0.345 e. The second kappa shape index (κ2) is 13.6. The number of rotatable bonds is 11. The van der Waals surface area contributed by atoms with E-state index in [1.165, 1.54) is 25.3 Å². The van der Waals surface area contributed by atoms with Crippen LogP contribution in [-0.2, 0) is 9.59 Å². The minimum absolute atomic E-state index is 0.0490. The van der Waals surface area contributed by atoms with Crippen molar-refractivity contribution in [1.82, 2.24) is 15.3 Å². The number of nitrogens with zero attached hydrogens (tertiary/aromatic N) is 1. The molecule has 1 atom stereocenters. The number of allylic oxidation sites excluding steroid dienone is 3. The fourth-order valence-electron chi connectivity index (χ4n) is 4.55. The second-order valence-electron chi connectivity index (χ2n) is 9.70. The predicted octanol–water partition coefficient (Wildman–Crippen LogP) is 7.90. The van der Waals surface area contributed by atoms with Gasteiger partial charge in [0.25, 0.3) is 5.91 Å². The van der Waals surface area contributed by atoms with Gasteiger partial charge >= 0.3 is 0 Å². The van der Waals surface area contributed by atoms with Gasteiger partial charge in [-0.15, -0.1) is 0 Å². The molecule has 0 aliphatic carbocycles. The van der Waals surface area contributed by atoms with E-state index in [1.54, 1.807) is 30.3 Å². The normalized spacial score (nSPS) is 12.4. The molecule has 1 amide bonds. The predicted molar refractivity (Wildman–Crippen MR) is 159 cm³/mol. The number of nitrogens with one attached hydrogen (secondary N) is 2. The van der Waals surface area contributed by atoms with Crippen LogP contribution in [0, 0.1) is 17.5 Å². The number of carbonyl (C=O) groups is 2. The van der Waals surface area contributed by atoms with Crippen LogP contribution in [0.5, 0.6) is 0 Å². The van der Waals surface area contributed by atoms with Crippen molar-refractivity contribution in [2.75, 3.05) is 0 Å². The topological polar surface area (TPSA) is 74.8 Å². The van der Waals surface area contributed by atoms with E-state index in [0.29, 0.717) is 22.8 Å². The van der Waals surface area contributed by atoms with Crippen LogP contribution in [0.4, 0.5) is 13.2 Å². The number of H-pyrrole nitrogens is 1. The number of hydrogen-bond donors (Lipinski definition) is 2. The first-order valence-electron chi connectivity index (χ1n) is 13.4. The van der Waals surface area contributed by atoms with E-state index in [4.69, 9.17) is 0 Å². The zero-order chi connectivity index (χ0) is 30.2. The molecule has 1 heterocycles. The summed E-state index contributed by atoms with van der Waals surface area (Å²) < 4.78 is 42.6. The van der Waals surface area contributed by atoms with E-state index < -0.39 is 23.0 Å². The van der Waals surface area contributed by atoms with Gasteiger partial charge in [-0.05, 0) is 54.3 Å². The highest BCUT2D eigenvalue weighted by atomic mass is 19.2. The number of carbonyl (C=O) groups excluding carboxylic acids is 2. The summed E-state index contributed by atoms with van der Waals surface area (Å²) in [5, 5.41) is 3.03. The van der Waals surface area contributed by atoms with E-state index in [9.17, 15) is 22.8 Å². The lowest BCUT2D eigenvalue weighted by molar-refractivity contribution is -0.118. The van der Waals surface area contributed by atoms with Crippen molar-refractivity contribution in [3.63, 3.8) is 0 Å². The van der Waals surface area contributed by atoms with E-state index in [2.05, 4.69) is 21.9 Å². The van der Waals surface area contributed by atoms with E-state index in [0.717, 1.165) is 24.5 Å². The maximum Gasteiger partial charge on any atom is 0.251 e. The van der Waals surface area contributed by atoms with Gasteiger partial charge in [-0.25, -0.2) is 18.2 Å². The maximum absolute atomic E-state index is 14.4. The molecule has 8 heteroatoms. The van der Waals surface area contributed by atoms with E-state index >= 15 is 0 Å². The van der Waals surface area contributed by atoms with Gasteiger partial charge in [-0.2, -0.15) is 0 Å². The van der Waals surface area contributed by atoms with E-state index in [1.807, 2.05) is 37.3 Å². The molecule has 0 unspecified atom stereocenters. The lowest BCUT2D eigenvalue weighted by Crippen LogP contribution is -2.29. The Morgan fingerprint density at radius 2 is 1.67 bits per heavy atom. The Morgan fingerprint density at radius 1 is 0.976 bits per heavy atom. The molecule has 0 aliphatic rings. The molecule has 4 rings (SSSR count). The molecule has 0 bridgehead atoms. The Labute approximate surface area is 242 Å². The third kappa shape index (κ3) is 7.01. The summed E-state index contributed by atoms with van der Waals surface area (Å²) in [4.78, 5) is 32.3. The van der Waals surface area contributed by atoms with Gasteiger partial charge in [0, 0.05) is 11.1 Å². The first-order valence-corrected chi connectivity index (χ1v) is 13.4. The van der Waals surface area contributed by atoms with Crippen molar-refractivity contribution in [2.24, 2.45) is 0 Å². The van der Waals surface area contributed by atoms with Crippen LogP contribution >= 0.6 is 0 Å². The average Bonchev–Trinajstić information content (AvgIpc) is 3.47. The molecule has 4 aromatic rings. The Hall–Kier alpha value is -4.98. The third-order valence-corrected chi connectivity index (χ3v) is 6.58. The molecule has 0 aliphatic heterocycles. The van der Waals surface area contributed by atoms with Crippen LogP contribution in [0.1, 0.15) is 43.9 Å². The minimum Gasteiger partial charge on any atom is -0.345 e. The SMILES string of the molecule is C=C(/C=C\C(=C\C(C)=O)c1ccccc1-c1ncc(-c2c(F)ccc(F)c2F)[nH]1)C(=O)N[C@H](CCC)c1ccccc1. The van der Waals surface area contributed by atoms with Crippen LogP contribution in [0.15, 0.2) is 103 Å². The molecule has 0 spiro atoms. The molecule has 2 N–H and O–H groups in total. The number of ketones is 1. The van der Waals surface area contributed by atoms with E-state index in [-0.39, 0.29) is 34.8 Å². The monoisotopic (exact) mass is 569 g/mol. The van der Waals surface area contributed by atoms with Gasteiger partial charge in [0.2, 0.25) is 0 Å². The molecule has 0 radical (unpaired) electrons. The van der Waals surface area contributed by atoms with Gasteiger partial charge in [0.05, 0.1) is 23.5 Å². The molecular formula is C34H30F3N3O2. The summed E-state index contributed by atoms with van der Waals surface area (Å²) in [5.74, 6) is -3.80. The number of amides is 1. The number of benzene rings is 3. The molecule has 0 saturated carbocycles. The Bertz CT molecular complexity index is 1670. The molecule has 5 nitrogen and oxygen atoms in total. The molecule has 0 saturated heterocycles. The highest BCUT2D eigenvalue weighted by molar-refractivity contribution is 6.01. The van der Waals surface area contributed by atoms with Gasteiger partial charge in [0.15, 0.2) is 17.4 Å².